The van der Waals surface area contributed by atoms with Gasteiger partial charge < -0.3 is 15.5 Å². The van der Waals surface area contributed by atoms with Crippen LogP contribution in [-0.2, 0) is 4.79 Å². The van der Waals surface area contributed by atoms with Crippen LogP contribution < -0.4 is 10.6 Å². The Hall–Kier alpha value is -1.88. The zero-order chi connectivity index (χ0) is 14.4. The van der Waals surface area contributed by atoms with E-state index in [0.29, 0.717) is 18.0 Å². The molecule has 2 N–H and O–H groups in total. The Balaban J connectivity index is 1.66. The summed E-state index contributed by atoms with van der Waals surface area (Å²) in [6, 6.07) is 8.89. The first kappa shape index (κ1) is 14.5. The molecule has 1 saturated heterocycles. The fraction of sp³-hybridized carbons (Fsp3) is 0.467. The van der Waals surface area contributed by atoms with Crippen molar-refractivity contribution >= 4 is 11.8 Å². The minimum absolute atomic E-state index is 0.0241. The Morgan fingerprint density at radius 3 is 2.65 bits per heavy atom. The Kier molecular flexibility index (Phi) is 5.12. The summed E-state index contributed by atoms with van der Waals surface area (Å²) in [7, 11) is 2.09. The van der Waals surface area contributed by atoms with Crippen LogP contribution in [0.3, 0.4) is 0 Å². The van der Waals surface area contributed by atoms with Gasteiger partial charge in [0.1, 0.15) is 0 Å². The first-order valence-corrected chi connectivity index (χ1v) is 6.93. The van der Waals surface area contributed by atoms with Crippen molar-refractivity contribution in [3.63, 3.8) is 0 Å². The fourth-order valence-electron chi connectivity index (χ4n) is 2.37. The number of rotatable bonds is 5. The van der Waals surface area contributed by atoms with Gasteiger partial charge in [0, 0.05) is 18.7 Å². The Labute approximate surface area is 119 Å². The molecule has 1 aliphatic rings. The topological polar surface area (TPSA) is 61.4 Å². The molecule has 5 heteroatoms. The Morgan fingerprint density at radius 1 is 1.25 bits per heavy atom. The molecule has 1 heterocycles. The van der Waals surface area contributed by atoms with Gasteiger partial charge in [0.05, 0.1) is 6.54 Å². The standard InChI is InChI=1S/C15H21N3O2/c1-18-8-7-12(11-18)9-16-14(19)10-17-15(20)13-5-3-2-4-6-13/h2-6,12H,7-11H2,1H3,(H,16,19)(H,17,20). The van der Waals surface area contributed by atoms with Gasteiger partial charge in [-0.05, 0) is 38.1 Å². The summed E-state index contributed by atoms with van der Waals surface area (Å²) in [4.78, 5) is 25.7. The first-order chi connectivity index (χ1) is 9.65. The van der Waals surface area contributed by atoms with Crippen molar-refractivity contribution in [2.24, 2.45) is 5.92 Å². The molecular formula is C15H21N3O2. The first-order valence-electron chi connectivity index (χ1n) is 6.93. The van der Waals surface area contributed by atoms with Gasteiger partial charge in [-0.3, -0.25) is 9.59 Å². The minimum Gasteiger partial charge on any atom is -0.354 e. The summed E-state index contributed by atoms with van der Waals surface area (Å²) in [5.41, 5.74) is 0.567. The van der Waals surface area contributed by atoms with Crippen molar-refractivity contribution in [2.75, 3.05) is 33.2 Å². The van der Waals surface area contributed by atoms with E-state index in [1.807, 2.05) is 6.07 Å². The van der Waals surface area contributed by atoms with E-state index < -0.39 is 0 Å². The summed E-state index contributed by atoms with van der Waals surface area (Å²) in [5, 5.41) is 5.49. The van der Waals surface area contributed by atoms with Gasteiger partial charge in [-0.1, -0.05) is 18.2 Å². The van der Waals surface area contributed by atoms with Crippen LogP contribution in [0.25, 0.3) is 0 Å². The van der Waals surface area contributed by atoms with Crippen LogP contribution in [-0.4, -0.2) is 49.9 Å². The summed E-state index contributed by atoms with van der Waals surface area (Å²) in [6.45, 7) is 2.82. The molecule has 0 radical (unpaired) electrons. The van der Waals surface area contributed by atoms with Gasteiger partial charge in [-0.25, -0.2) is 0 Å². The maximum absolute atomic E-state index is 11.8. The Bertz CT molecular complexity index is 461. The third-order valence-corrected chi connectivity index (χ3v) is 3.52. The van der Waals surface area contributed by atoms with Crippen LogP contribution >= 0.6 is 0 Å². The average molecular weight is 275 g/mol. The van der Waals surface area contributed by atoms with E-state index in [1.165, 1.54) is 0 Å². The van der Waals surface area contributed by atoms with Crippen LogP contribution in [0, 0.1) is 5.92 Å². The normalized spacial score (nSPS) is 18.8. The van der Waals surface area contributed by atoms with Crippen LogP contribution in [0.1, 0.15) is 16.8 Å². The molecule has 1 aromatic carbocycles. The molecule has 0 bridgehead atoms. The number of nitrogens with zero attached hydrogens (tertiary/aromatic N) is 1. The zero-order valence-electron chi connectivity index (χ0n) is 11.8. The summed E-state index contributed by atoms with van der Waals surface area (Å²) in [5.74, 6) is 0.166. The van der Waals surface area contributed by atoms with Gasteiger partial charge in [0.15, 0.2) is 0 Å². The maximum atomic E-state index is 11.8. The molecule has 1 atom stereocenters. The largest absolute Gasteiger partial charge is 0.354 e. The molecule has 0 aromatic heterocycles. The van der Waals surface area contributed by atoms with E-state index in [9.17, 15) is 9.59 Å². The molecule has 0 aliphatic carbocycles. The lowest BCUT2D eigenvalue weighted by atomic mass is 10.1. The van der Waals surface area contributed by atoms with Crippen molar-refractivity contribution in [2.45, 2.75) is 6.42 Å². The highest BCUT2D eigenvalue weighted by molar-refractivity contribution is 5.96. The second-order valence-corrected chi connectivity index (χ2v) is 5.27. The zero-order valence-corrected chi connectivity index (χ0v) is 11.8. The van der Waals surface area contributed by atoms with Crippen LogP contribution in [0.5, 0.6) is 0 Å². The highest BCUT2D eigenvalue weighted by Gasteiger charge is 2.19. The summed E-state index contributed by atoms with van der Waals surface area (Å²) < 4.78 is 0. The van der Waals surface area contributed by atoms with E-state index in [0.717, 1.165) is 19.5 Å². The fourth-order valence-corrected chi connectivity index (χ4v) is 2.37. The molecule has 5 nitrogen and oxygen atoms in total. The van der Waals surface area contributed by atoms with Crippen LogP contribution in [0.4, 0.5) is 0 Å². The van der Waals surface area contributed by atoms with Gasteiger partial charge >= 0.3 is 0 Å². The smallest absolute Gasteiger partial charge is 0.251 e. The van der Waals surface area contributed by atoms with Gasteiger partial charge in [0.2, 0.25) is 5.91 Å². The van der Waals surface area contributed by atoms with Crippen molar-refractivity contribution in [3.8, 4) is 0 Å². The van der Waals surface area contributed by atoms with Crippen molar-refractivity contribution in [1.82, 2.24) is 15.5 Å². The quantitative estimate of drug-likeness (QED) is 0.822. The number of likely N-dealkylation sites (tertiary alicyclic amines) is 1. The molecule has 1 aliphatic heterocycles. The van der Waals surface area contributed by atoms with Crippen molar-refractivity contribution in [1.29, 1.82) is 0 Å². The second-order valence-electron chi connectivity index (χ2n) is 5.27. The molecule has 108 valence electrons. The molecule has 0 saturated carbocycles. The monoisotopic (exact) mass is 275 g/mol. The number of carbonyl (C=O) groups is 2. The lowest BCUT2D eigenvalue weighted by Crippen LogP contribution is -2.39. The molecule has 1 unspecified atom stereocenters. The number of hydrogen-bond donors (Lipinski definition) is 2. The lowest BCUT2D eigenvalue weighted by molar-refractivity contribution is -0.120. The maximum Gasteiger partial charge on any atom is 0.251 e. The minimum atomic E-state index is -0.221. The number of hydrogen-bond acceptors (Lipinski definition) is 3. The molecule has 0 spiro atoms. The lowest BCUT2D eigenvalue weighted by Gasteiger charge is -2.12. The molecule has 1 fully saturated rings. The average Bonchev–Trinajstić information content (AvgIpc) is 2.89. The predicted molar refractivity (Wildman–Crippen MR) is 77.4 cm³/mol. The number of carbonyl (C=O) groups excluding carboxylic acids is 2. The van der Waals surface area contributed by atoms with E-state index in [2.05, 4.69) is 22.6 Å². The number of amides is 2. The van der Waals surface area contributed by atoms with E-state index >= 15 is 0 Å². The highest BCUT2D eigenvalue weighted by Crippen LogP contribution is 2.12. The molecule has 20 heavy (non-hydrogen) atoms. The van der Waals surface area contributed by atoms with Crippen molar-refractivity contribution < 1.29 is 9.59 Å². The van der Waals surface area contributed by atoms with Gasteiger partial charge in [-0.15, -0.1) is 0 Å². The third-order valence-electron chi connectivity index (χ3n) is 3.52. The number of nitrogens with one attached hydrogen (secondary N) is 2. The second kappa shape index (κ2) is 7.05. The van der Waals surface area contributed by atoms with E-state index in [-0.39, 0.29) is 18.4 Å². The summed E-state index contributed by atoms with van der Waals surface area (Å²) in [6.07, 6.45) is 1.12. The molecule has 1 aromatic rings. The molecule has 2 amide bonds. The summed E-state index contributed by atoms with van der Waals surface area (Å²) >= 11 is 0. The van der Waals surface area contributed by atoms with E-state index in [4.69, 9.17) is 0 Å². The van der Waals surface area contributed by atoms with E-state index in [1.54, 1.807) is 24.3 Å². The number of benzene rings is 1. The highest BCUT2D eigenvalue weighted by atomic mass is 16.2. The van der Waals surface area contributed by atoms with Gasteiger partial charge in [-0.2, -0.15) is 0 Å². The SMILES string of the molecule is CN1CCC(CNC(=O)CNC(=O)c2ccccc2)C1. The Morgan fingerprint density at radius 2 is 2.00 bits per heavy atom. The van der Waals surface area contributed by atoms with Crippen LogP contribution in [0.15, 0.2) is 30.3 Å². The van der Waals surface area contributed by atoms with Crippen LogP contribution in [0.2, 0.25) is 0 Å². The third kappa shape index (κ3) is 4.35. The molecular weight excluding hydrogens is 254 g/mol. The van der Waals surface area contributed by atoms with Crippen molar-refractivity contribution in [3.05, 3.63) is 35.9 Å². The molecule has 2 rings (SSSR count). The van der Waals surface area contributed by atoms with Gasteiger partial charge in [0.25, 0.3) is 5.91 Å². The predicted octanol–water partition coefficient (Wildman–Crippen LogP) is 0.484.